The molecule has 0 unspecified atom stereocenters. The third-order valence-electron chi connectivity index (χ3n) is 11.6. The van der Waals surface area contributed by atoms with E-state index in [1.165, 1.54) is 4.90 Å². The second-order valence-corrected chi connectivity index (χ2v) is 18.0. The van der Waals surface area contributed by atoms with Gasteiger partial charge in [-0.3, -0.25) is 19.2 Å². The van der Waals surface area contributed by atoms with Crippen LogP contribution in [0.1, 0.15) is 95.5 Å². The first-order valence-electron chi connectivity index (χ1n) is 20.0. The quantitative estimate of drug-likeness (QED) is 0.163. The van der Waals surface area contributed by atoms with E-state index in [0.717, 1.165) is 89.1 Å². The Morgan fingerprint density at radius 3 is 2.30 bits per heavy atom. The van der Waals surface area contributed by atoms with Crippen molar-refractivity contribution in [3.05, 3.63) is 34.9 Å². The van der Waals surface area contributed by atoms with Gasteiger partial charge in [0.15, 0.2) is 0 Å². The number of sulfonamides is 1. The Morgan fingerprint density at radius 2 is 1.61 bits per heavy atom. The lowest BCUT2D eigenvalue weighted by molar-refractivity contribution is -0.143. The summed E-state index contributed by atoms with van der Waals surface area (Å²) in [4.78, 5) is 57.1. The van der Waals surface area contributed by atoms with Gasteiger partial charge in [-0.15, -0.1) is 0 Å². The van der Waals surface area contributed by atoms with Crippen LogP contribution in [0.25, 0.3) is 0 Å². The number of carbonyl (C=O) groups is 4. The molecule has 3 amide bonds. The molecule has 4 atom stereocenters. The van der Waals surface area contributed by atoms with Crippen molar-refractivity contribution in [2.45, 2.75) is 121 Å². The van der Waals surface area contributed by atoms with E-state index < -0.39 is 57.8 Å². The lowest BCUT2D eigenvalue weighted by Gasteiger charge is -2.31. The molecule has 4 N–H and O–H groups in total. The molecule has 3 aliphatic heterocycles. The van der Waals surface area contributed by atoms with E-state index in [9.17, 15) is 27.6 Å². The number of likely N-dealkylation sites (tertiary alicyclic amines) is 1. The summed E-state index contributed by atoms with van der Waals surface area (Å²) in [6.45, 7) is 3.79. The van der Waals surface area contributed by atoms with Crippen LogP contribution in [-0.4, -0.2) is 107 Å². The molecule has 4 fully saturated rings. The van der Waals surface area contributed by atoms with Crippen LogP contribution < -0.4 is 20.7 Å². The number of ether oxygens (including phenoxy) is 2. The Morgan fingerprint density at radius 1 is 0.926 bits per heavy atom. The molecule has 13 nitrogen and oxygen atoms in total. The summed E-state index contributed by atoms with van der Waals surface area (Å²) in [6, 6.07) is 4.04. The molecule has 1 aromatic carbocycles. The zero-order valence-corrected chi connectivity index (χ0v) is 33.3. The monoisotopic (exact) mass is 793 g/mol. The molecule has 1 saturated carbocycles. The number of Topliss-reactive ketones (excluding diaryl/α,β-unsaturated/α-hetero) is 1. The molecule has 302 valence electrons. The van der Waals surface area contributed by atoms with E-state index in [1.54, 1.807) is 12.1 Å². The second-order valence-electron chi connectivity index (χ2n) is 15.8. The largest absolute Gasteiger partial charge is 0.381 e. The zero-order valence-electron chi connectivity index (χ0n) is 31.7. The molecule has 0 spiro atoms. The van der Waals surface area contributed by atoms with Gasteiger partial charge in [0, 0.05) is 37.7 Å². The topological polar surface area (TPSA) is 172 Å². The molecule has 54 heavy (non-hydrogen) atoms. The van der Waals surface area contributed by atoms with Crippen LogP contribution in [0.3, 0.4) is 0 Å². The van der Waals surface area contributed by atoms with Crippen molar-refractivity contribution in [1.29, 1.82) is 0 Å². The molecule has 0 aromatic heterocycles. The predicted molar refractivity (Wildman–Crippen MR) is 206 cm³/mol. The number of rotatable bonds is 18. The maximum absolute atomic E-state index is 14.4. The minimum absolute atomic E-state index is 0.0632. The van der Waals surface area contributed by atoms with Gasteiger partial charge in [-0.2, -0.15) is 0 Å². The minimum Gasteiger partial charge on any atom is -0.381 e. The van der Waals surface area contributed by atoms with Gasteiger partial charge in [-0.05, 0) is 99.9 Å². The maximum Gasteiger partial charge on any atom is 0.289 e. The van der Waals surface area contributed by atoms with Crippen molar-refractivity contribution in [3.8, 4) is 0 Å². The molecular weight excluding hydrogens is 734 g/mol. The fourth-order valence-corrected chi connectivity index (χ4v) is 9.26. The Kier molecular flexibility index (Phi) is 16.6. The van der Waals surface area contributed by atoms with E-state index in [-0.39, 0.29) is 31.9 Å². The van der Waals surface area contributed by atoms with E-state index >= 15 is 0 Å². The van der Waals surface area contributed by atoms with Crippen LogP contribution >= 0.6 is 11.6 Å². The van der Waals surface area contributed by atoms with Crippen LogP contribution in [0, 0.1) is 17.8 Å². The first kappa shape index (κ1) is 42.5. The smallest absolute Gasteiger partial charge is 0.289 e. The number of amides is 3. The van der Waals surface area contributed by atoms with Crippen LogP contribution in [0.4, 0.5) is 0 Å². The molecule has 3 saturated heterocycles. The number of ketones is 1. The van der Waals surface area contributed by atoms with E-state index in [2.05, 4.69) is 20.7 Å². The lowest BCUT2D eigenvalue weighted by atomic mass is 9.83. The number of nitrogens with one attached hydrogen (secondary N) is 4. The van der Waals surface area contributed by atoms with Gasteiger partial charge in [0.2, 0.25) is 27.6 Å². The van der Waals surface area contributed by atoms with Crippen molar-refractivity contribution in [2.75, 3.05) is 45.6 Å². The van der Waals surface area contributed by atoms with Crippen molar-refractivity contribution >= 4 is 45.1 Å². The Labute approximate surface area is 325 Å². The number of halogens is 1. The van der Waals surface area contributed by atoms with E-state index in [1.807, 2.05) is 12.1 Å². The number of hydrogen-bond donors (Lipinski definition) is 4. The van der Waals surface area contributed by atoms with Crippen LogP contribution in [0.15, 0.2) is 24.3 Å². The van der Waals surface area contributed by atoms with E-state index in [0.29, 0.717) is 49.5 Å². The SMILES string of the molecule is CS(=O)(=O)N[C@H](CCC1CCNCC1)C(=O)N1C[C@H](OCc2ccc(Cl)cc2)C[C@H]1C(=O)N[C@@H](CC1CCCCC1)C(=O)C(=O)NCCC1CCOCC1. The Hall–Kier alpha value is -2.62. The van der Waals surface area contributed by atoms with Crippen molar-refractivity contribution < 1.29 is 37.1 Å². The summed E-state index contributed by atoms with van der Waals surface area (Å²) in [5, 5.41) is 9.63. The predicted octanol–water partition coefficient (Wildman–Crippen LogP) is 3.48. The second kappa shape index (κ2) is 21.1. The summed E-state index contributed by atoms with van der Waals surface area (Å²) in [5.41, 5.74) is 0.866. The van der Waals surface area contributed by atoms with Crippen LogP contribution in [0.2, 0.25) is 5.02 Å². The Balaban J connectivity index is 1.32. The van der Waals surface area contributed by atoms with Gasteiger partial charge in [-0.1, -0.05) is 55.8 Å². The first-order valence-corrected chi connectivity index (χ1v) is 22.3. The molecule has 0 radical (unpaired) electrons. The van der Waals surface area contributed by atoms with Crippen molar-refractivity contribution in [2.24, 2.45) is 17.8 Å². The summed E-state index contributed by atoms with van der Waals surface area (Å²) in [5.74, 6) is -1.51. The average Bonchev–Trinajstić information content (AvgIpc) is 3.61. The number of carbonyl (C=O) groups excluding carboxylic acids is 4. The van der Waals surface area contributed by atoms with Gasteiger partial charge in [0.05, 0.1) is 25.0 Å². The summed E-state index contributed by atoms with van der Waals surface area (Å²) < 4.78 is 39.3. The molecule has 4 aliphatic rings. The highest BCUT2D eigenvalue weighted by Crippen LogP contribution is 2.29. The van der Waals surface area contributed by atoms with Gasteiger partial charge in [0.1, 0.15) is 12.1 Å². The molecule has 1 aliphatic carbocycles. The fourth-order valence-electron chi connectivity index (χ4n) is 8.40. The number of benzene rings is 1. The standard InChI is InChI=1S/C39H60ClN5O8S/c1-54(50,51)44-33(12-9-27-13-18-41-19-14-27)39(49)45-25-32(53-26-30-7-10-31(40)11-8-30)24-35(45)37(47)43-34(23-29-5-3-2-4-6-29)36(46)38(48)42-20-15-28-16-21-52-22-17-28/h7-8,10-11,27-29,32-35,41,44H,2-6,9,12-26H2,1H3,(H,42,48)(H,43,47)/t32-,33-,34+,35+/m1/s1. The average molecular weight is 794 g/mol. The normalized spacial score (nSPS) is 23.1. The van der Waals surface area contributed by atoms with Gasteiger partial charge in [-0.25, -0.2) is 13.1 Å². The number of hydrogen-bond acceptors (Lipinski definition) is 9. The molecule has 5 rings (SSSR count). The maximum atomic E-state index is 14.4. The molecule has 3 heterocycles. The van der Waals surface area contributed by atoms with Crippen LogP contribution in [-0.2, 0) is 45.3 Å². The van der Waals surface area contributed by atoms with Gasteiger partial charge >= 0.3 is 0 Å². The minimum atomic E-state index is -3.77. The molecular formula is C39H60ClN5O8S. The first-order chi connectivity index (χ1) is 25.9. The molecule has 0 bridgehead atoms. The molecule has 1 aromatic rings. The fraction of sp³-hybridized carbons (Fsp3) is 0.744. The lowest BCUT2D eigenvalue weighted by Crippen LogP contribution is -2.56. The zero-order chi connectivity index (χ0) is 38.5. The third kappa shape index (κ3) is 13.5. The van der Waals surface area contributed by atoms with Gasteiger partial charge < -0.3 is 30.3 Å². The van der Waals surface area contributed by atoms with E-state index in [4.69, 9.17) is 21.1 Å². The third-order valence-corrected chi connectivity index (χ3v) is 12.5. The number of piperidine rings is 1. The van der Waals surface area contributed by atoms with Crippen molar-refractivity contribution in [1.82, 2.24) is 25.6 Å². The molecule has 15 heteroatoms. The summed E-state index contributed by atoms with van der Waals surface area (Å²) >= 11 is 6.06. The van der Waals surface area contributed by atoms with Gasteiger partial charge in [0.25, 0.3) is 5.91 Å². The number of nitrogens with zero attached hydrogens (tertiary/aromatic N) is 1. The highest BCUT2D eigenvalue weighted by Gasteiger charge is 2.44. The summed E-state index contributed by atoms with van der Waals surface area (Å²) in [7, 11) is -3.77. The highest BCUT2D eigenvalue weighted by molar-refractivity contribution is 7.88. The summed E-state index contributed by atoms with van der Waals surface area (Å²) in [6.07, 6.45) is 11.4. The highest BCUT2D eigenvalue weighted by atomic mass is 35.5. The Bertz CT molecular complexity index is 1500. The van der Waals surface area contributed by atoms with Crippen molar-refractivity contribution in [3.63, 3.8) is 0 Å². The van der Waals surface area contributed by atoms with Crippen LogP contribution in [0.5, 0.6) is 0 Å².